The van der Waals surface area contributed by atoms with Gasteiger partial charge in [-0.3, -0.25) is 9.59 Å². The van der Waals surface area contributed by atoms with Crippen molar-refractivity contribution >= 4 is 18.2 Å². The van der Waals surface area contributed by atoms with Crippen molar-refractivity contribution in [2.24, 2.45) is 51.8 Å². The highest BCUT2D eigenvalue weighted by Crippen LogP contribution is 2.70. The summed E-state index contributed by atoms with van der Waals surface area (Å²) in [7, 11) is 1.00. The lowest BCUT2D eigenvalue weighted by molar-refractivity contribution is -0.181. The number of esters is 1. The van der Waals surface area contributed by atoms with Crippen LogP contribution in [0, 0.1) is 51.8 Å². The van der Waals surface area contributed by atoms with Crippen LogP contribution >= 0.6 is 0 Å². The number of ether oxygens (including phenoxy) is 1. The Bertz CT molecular complexity index is 976. The summed E-state index contributed by atoms with van der Waals surface area (Å²) < 4.78 is 5.80. The van der Waals surface area contributed by atoms with Gasteiger partial charge in [0.1, 0.15) is 18.5 Å². The zero-order valence-electron chi connectivity index (χ0n) is 24.5. The molecule has 5 aliphatic carbocycles. The van der Waals surface area contributed by atoms with Crippen molar-refractivity contribution in [3.63, 3.8) is 0 Å². The van der Waals surface area contributed by atoms with Crippen molar-refractivity contribution in [2.75, 3.05) is 7.11 Å². The Morgan fingerprint density at radius 1 is 1.05 bits per heavy atom. The molecular weight excluding hydrogens is 508 g/mol. The molecule has 0 heterocycles. The number of aldehydes is 1. The van der Waals surface area contributed by atoms with Crippen LogP contribution in [0.1, 0.15) is 106 Å². The van der Waals surface area contributed by atoms with Gasteiger partial charge in [-0.2, -0.15) is 0 Å². The first-order valence-corrected chi connectivity index (χ1v) is 15.2. The van der Waals surface area contributed by atoms with Gasteiger partial charge in [-0.05, 0) is 97.7 Å². The standard InChI is InChI=1S/C31H46O6.CH4O.CH4/c1-18-6-5-12-31(28(35)36)15-10-23-21(27(18)31)7-8-25-29(3)14-11-24(37-26(34)16-20(33)17-32)19(2)22(29)9-13-30(23,25)4;1-2;/h7,17-20,22-25,27,33H,5-6,8-16H2,1-4H3,(H,35,36);2H,1H3;1H4. The molecule has 7 nitrogen and oxygen atoms in total. The highest BCUT2D eigenvalue weighted by molar-refractivity contribution is 5.76. The molecule has 0 bridgehead atoms. The molecular formula is C33H54O7. The van der Waals surface area contributed by atoms with E-state index in [1.807, 2.05) is 0 Å². The number of rotatable bonds is 5. The smallest absolute Gasteiger partial charge is 0.310 e. The van der Waals surface area contributed by atoms with E-state index in [9.17, 15) is 24.6 Å². The topological polar surface area (TPSA) is 121 Å². The van der Waals surface area contributed by atoms with Crippen molar-refractivity contribution in [3.8, 4) is 0 Å². The molecule has 0 radical (unpaired) electrons. The van der Waals surface area contributed by atoms with Crippen LogP contribution in [0.5, 0.6) is 0 Å². The maximum atomic E-state index is 12.7. The van der Waals surface area contributed by atoms with E-state index in [2.05, 4.69) is 33.8 Å². The van der Waals surface area contributed by atoms with E-state index in [0.29, 0.717) is 30.0 Å². The number of carboxylic acid groups (broad SMARTS) is 1. The maximum absolute atomic E-state index is 12.7. The molecule has 3 N–H and O–H groups in total. The molecule has 4 saturated carbocycles. The Morgan fingerprint density at radius 2 is 1.73 bits per heavy atom. The lowest BCUT2D eigenvalue weighted by Crippen LogP contribution is -2.60. The fourth-order valence-electron chi connectivity index (χ4n) is 10.6. The highest BCUT2D eigenvalue weighted by atomic mass is 16.5. The Hall–Kier alpha value is -1.73. The Morgan fingerprint density at radius 3 is 2.38 bits per heavy atom. The number of allylic oxidation sites excluding steroid dienone is 2. The van der Waals surface area contributed by atoms with Gasteiger partial charge >= 0.3 is 11.9 Å². The molecule has 11 unspecified atom stereocenters. The normalized spacial score (nSPS) is 44.3. The summed E-state index contributed by atoms with van der Waals surface area (Å²) in [4.78, 5) is 35.7. The first-order chi connectivity index (χ1) is 18.5. The summed E-state index contributed by atoms with van der Waals surface area (Å²) in [5.74, 6) is 1.24. The predicted octanol–water partition coefficient (Wildman–Crippen LogP) is 5.81. The quantitative estimate of drug-likeness (QED) is 0.220. The lowest BCUT2D eigenvalue weighted by atomic mass is 9.38. The maximum Gasteiger partial charge on any atom is 0.310 e. The van der Waals surface area contributed by atoms with Crippen LogP contribution < -0.4 is 0 Å². The minimum atomic E-state index is -1.29. The monoisotopic (exact) mass is 562 g/mol. The molecule has 0 amide bonds. The second-order valence-corrected chi connectivity index (χ2v) is 13.9. The zero-order chi connectivity index (χ0) is 28.8. The molecule has 0 spiro atoms. The fraction of sp³-hybridized carbons (Fsp3) is 0.848. The molecule has 5 aliphatic rings. The first-order valence-electron chi connectivity index (χ1n) is 15.2. The fourth-order valence-corrected chi connectivity index (χ4v) is 10.6. The molecule has 11 atom stereocenters. The summed E-state index contributed by atoms with van der Waals surface area (Å²) in [5.41, 5.74) is 1.23. The van der Waals surface area contributed by atoms with Gasteiger partial charge in [-0.15, -0.1) is 0 Å². The van der Waals surface area contributed by atoms with Crippen LogP contribution in [-0.2, 0) is 19.1 Å². The van der Waals surface area contributed by atoms with E-state index in [-0.39, 0.29) is 42.6 Å². The molecule has 0 aliphatic heterocycles. The van der Waals surface area contributed by atoms with E-state index >= 15 is 0 Å². The summed E-state index contributed by atoms with van der Waals surface area (Å²) in [6.07, 6.45) is 11.0. The summed E-state index contributed by atoms with van der Waals surface area (Å²) in [5, 5.41) is 26.9. The van der Waals surface area contributed by atoms with Crippen LogP contribution in [0.3, 0.4) is 0 Å². The van der Waals surface area contributed by atoms with Crippen LogP contribution in [0.4, 0.5) is 0 Å². The Kier molecular flexibility index (Phi) is 10.0. The number of hydrogen-bond donors (Lipinski definition) is 3. The lowest BCUT2D eigenvalue weighted by Gasteiger charge is -2.66. The van der Waals surface area contributed by atoms with E-state index in [0.717, 1.165) is 71.3 Å². The Balaban J connectivity index is 0.00000144. The van der Waals surface area contributed by atoms with Gasteiger partial charge in [-0.25, -0.2) is 0 Å². The number of carbonyl (C=O) groups is 3. The molecule has 7 heteroatoms. The molecule has 40 heavy (non-hydrogen) atoms. The van der Waals surface area contributed by atoms with Crippen LogP contribution in [0.2, 0.25) is 0 Å². The summed E-state index contributed by atoms with van der Waals surface area (Å²) in [6, 6.07) is 0. The van der Waals surface area contributed by atoms with E-state index in [1.54, 1.807) is 0 Å². The van der Waals surface area contributed by atoms with Gasteiger partial charge in [0.15, 0.2) is 0 Å². The Labute approximate surface area is 241 Å². The molecule has 228 valence electrons. The van der Waals surface area contributed by atoms with Crippen molar-refractivity contribution < 1.29 is 34.4 Å². The average Bonchev–Trinajstić information content (AvgIpc) is 2.91. The minimum absolute atomic E-state index is 0. The molecule has 5 rings (SSSR count). The first kappa shape index (κ1) is 32.8. The van der Waals surface area contributed by atoms with E-state index in [1.165, 1.54) is 5.57 Å². The molecule has 4 fully saturated rings. The van der Waals surface area contributed by atoms with Gasteiger partial charge in [-0.1, -0.05) is 59.6 Å². The number of aliphatic hydroxyl groups is 2. The van der Waals surface area contributed by atoms with Crippen LogP contribution in [-0.4, -0.2) is 52.9 Å². The number of aliphatic carboxylic acids is 1. The van der Waals surface area contributed by atoms with Crippen molar-refractivity contribution in [1.29, 1.82) is 0 Å². The third kappa shape index (κ3) is 5.08. The molecule has 0 aromatic carbocycles. The van der Waals surface area contributed by atoms with Gasteiger partial charge in [0.05, 0.1) is 11.8 Å². The largest absolute Gasteiger partial charge is 0.481 e. The summed E-state index contributed by atoms with van der Waals surface area (Å²) in [6.45, 7) is 9.48. The third-order valence-corrected chi connectivity index (χ3v) is 12.3. The highest BCUT2D eigenvalue weighted by Gasteiger charge is 2.64. The van der Waals surface area contributed by atoms with E-state index in [4.69, 9.17) is 9.84 Å². The number of fused-ring (bicyclic) bond motifs is 7. The van der Waals surface area contributed by atoms with Crippen LogP contribution in [0.25, 0.3) is 0 Å². The number of carbonyl (C=O) groups excluding carboxylic acids is 2. The van der Waals surface area contributed by atoms with E-state index < -0.39 is 23.5 Å². The minimum Gasteiger partial charge on any atom is -0.481 e. The van der Waals surface area contributed by atoms with Gasteiger partial charge < -0.3 is 24.9 Å². The predicted molar refractivity (Wildman–Crippen MR) is 154 cm³/mol. The van der Waals surface area contributed by atoms with Crippen LogP contribution in [0.15, 0.2) is 11.6 Å². The van der Waals surface area contributed by atoms with Crippen molar-refractivity contribution in [1.82, 2.24) is 0 Å². The number of aliphatic hydroxyl groups excluding tert-OH is 2. The van der Waals surface area contributed by atoms with Gasteiger partial charge in [0, 0.05) is 7.11 Å². The molecule has 0 aromatic heterocycles. The average molecular weight is 563 g/mol. The molecule has 0 aromatic rings. The summed E-state index contributed by atoms with van der Waals surface area (Å²) >= 11 is 0. The number of carboxylic acids is 1. The van der Waals surface area contributed by atoms with Gasteiger partial charge in [0.25, 0.3) is 0 Å². The second kappa shape index (κ2) is 12.2. The van der Waals surface area contributed by atoms with Gasteiger partial charge in [0.2, 0.25) is 0 Å². The van der Waals surface area contributed by atoms with Crippen molar-refractivity contribution in [2.45, 2.75) is 118 Å². The number of hydrogen-bond acceptors (Lipinski definition) is 6. The van der Waals surface area contributed by atoms with Crippen molar-refractivity contribution in [3.05, 3.63) is 11.6 Å². The zero-order valence-corrected chi connectivity index (χ0v) is 24.5. The SMILES string of the molecule is C.CC1CCCC2(C(=O)O)CCC3C(=CCC4C3(C)CCC3C(C)C(OC(=O)CC(O)C=O)CCC34C)C12.CO. The third-order valence-electron chi connectivity index (χ3n) is 12.3. The second-order valence-electron chi connectivity index (χ2n) is 13.9. The molecule has 0 saturated heterocycles.